The number of hydrogen-bond acceptors (Lipinski definition) is 4. The van der Waals surface area contributed by atoms with Crippen LogP contribution in [0.4, 0.5) is 5.69 Å². The summed E-state index contributed by atoms with van der Waals surface area (Å²) in [6.07, 6.45) is 9.11. The summed E-state index contributed by atoms with van der Waals surface area (Å²) in [5.74, 6) is 1.22. The molecular formula is C21H31N4O3S+. The molecule has 3 N–H and O–H groups in total. The molecule has 1 saturated heterocycles. The topological polar surface area (TPSA) is 92.1 Å². The van der Waals surface area contributed by atoms with Gasteiger partial charge in [0.15, 0.2) is 6.54 Å². The summed E-state index contributed by atoms with van der Waals surface area (Å²) >= 11 is 0. The van der Waals surface area contributed by atoms with E-state index >= 15 is 0 Å². The Morgan fingerprint density at radius 3 is 2.79 bits per heavy atom. The van der Waals surface area contributed by atoms with Crippen molar-refractivity contribution in [3.8, 4) is 0 Å². The normalized spacial score (nSPS) is 27.0. The van der Waals surface area contributed by atoms with Crippen LogP contribution >= 0.6 is 0 Å². The maximum atomic E-state index is 12.7. The van der Waals surface area contributed by atoms with E-state index in [1.54, 1.807) is 12.1 Å². The van der Waals surface area contributed by atoms with Crippen molar-refractivity contribution in [1.29, 1.82) is 0 Å². The molecule has 3 atom stereocenters. The number of aliphatic imine (C=N–C) groups is 1. The van der Waals surface area contributed by atoms with Crippen molar-refractivity contribution in [3.63, 3.8) is 0 Å². The Morgan fingerprint density at radius 1 is 1.14 bits per heavy atom. The van der Waals surface area contributed by atoms with Crippen LogP contribution < -0.4 is 14.9 Å². The van der Waals surface area contributed by atoms with E-state index in [-0.39, 0.29) is 10.8 Å². The highest BCUT2D eigenvalue weighted by molar-refractivity contribution is 7.90. The number of quaternary nitrogens is 1. The average molecular weight is 420 g/mol. The van der Waals surface area contributed by atoms with Crippen LogP contribution in [0.15, 0.2) is 34.2 Å². The minimum absolute atomic E-state index is 0.0473. The number of carbonyl (C=O) groups excluding carboxylic acids is 1. The Kier molecular flexibility index (Phi) is 6.20. The van der Waals surface area contributed by atoms with Crippen molar-refractivity contribution in [1.82, 2.24) is 4.72 Å². The summed E-state index contributed by atoms with van der Waals surface area (Å²) in [5.41, 5.74) is 0.517. The van der Waals surface area contributed by atoms with Gasteiger partial charge >= 0.3 is 0 Å². The van der Waals surface area contributed by atoms with E-state index in [1.165, 1.54) is 55.6 Å². The van der Waals surface area contributed by atoms with Gasteiger partial charge in [0.2, 0.25) is 0 Å². The van der Waals surface area contributed by atoms with Gasteiger partial charge in [-0.05, 0) is 56.7 Å². The Bertz CT molecular complexity index is 882. The molecule has 1 aliphatic carbocycles. The standard InChI is InChI=1S/C21H30N4O3S/c26-21(15-25-13-5-7-16-6-1-2-10-19(16)25)23-17-8-3-9-18(14-17)29(27,28)24-20-11-4-12-22-20/h3,8-9,14,16,19H,1-2,4-7,10-13,15H2,(H,22,24)(H,23,26)/p+1/t16-,19-/m0/s1. The van der Waals surface area contributed by atoms with E-state index < -0.39 is 10.0 Å². The molecule has 2 fully saturated rings. The van der Waals surface area contributed by atoms with Gasteiger partial charge in [-0.3, -0.25) is 14.5 Å². The van der Waals surface area contributed by atoms with Gasteiger partial charge in [0, 0.05) is 24.6 Å². The van der Waals surface area contributed by atoms with Crippen molar-refractivity contribution in [3.05, 3.63) is 24.3 Å². The first-order chi connectivity index (χ1) is 14.0. The monoisotopic (exact) mass is 419 g/mol. The number of amides is 1. The summed E-state index contributed by atoms with van der Waals surface area (Å²) in [4.78, 5) is 18.4. The molecule has 1 aromatic carbocycles. The van der Waals surface area contributed by atoms with E-state index in [0.717, 1.165) is 18.9 Å². The van der Waals surface area contributed by atoms with Crippen LogP contribution in [0.1, 0.15) is 51.4 Å². The minimum atomic E-state index is -3.68. The second kappa shape index (κ2) is 8.83. The van der Waals surface area contributed by atoms with Crippen molar-refractivity contribution in [2.75, 3.05) is 25.0 Å². The molecule has 2 aliphatic heterocycles. The fraction of sp³-hybridized carbons (Fsp3) is 0.619. The molecule has 0 spiro atoms. The van der Waals surface area contributed by atoms with Gasteiger partial charge in [-0.15, -0.1) is 0 Å². The van der Waals surface area contributed by atoms with E-state index in [0.29, 0.717) is 37.1 Å². The number of hydrogen-bond donors (Lipinski definition) is 3. The molecule has 1 aromatic rings. The number of nitrogens with zero attached hydrogens (tertiary/aromatic N) is 1. The predicted octanol–water partition coefficient (Wildman–Crippen LogP) is 1.33. The van der Waals surface area contributed by atoms with E-state index in [4.69, 9.17) is 0 Å². The zero-order chi connectivity index (χ0) is 20.3. The number of nitrogens with one attached hydrogen (secondary N) is 3. The van der Waals surface area contributed by atoms with Gasteiger partial charge in [-0.2, -0.15) is 0 Å². The fourth-order valence-corrected chi connectivity index (χ4v) is 6.21. The number of amidine groups is 1. The lowest BCUT2D eigenvalue weighted by Gasteiger charge is -2.40. The van der Waals surface area contributed by atoms with Gasteiger partial charge in [-0.25, -0.2) is 8.42 Å². The number of piperidine rings is 1. The molecule has 2 heterocycles. The highest BCUT2D eigenvalue weighted by atomic mass is 32.2. The SMILES string of the molecule is O=C(C[NH+]1CCC[C@@H]2CCCC[C@@H]21)Nc1cccc(S(=O)(=O)NC2=NCCC2)c1. The van der Waals surface area contributed by atoms with E-state index in [2.05, 4.69) is 15.0 Å². The van der Waals surface area contributed by atoms with E-state index in [1.807, 2.05) is 0 Å². The third-order valence-corrected chi connectivity index (χ3v) is 7.83. The van der Waals surface area contributed by atoms with Crippen LogP contribution in [0, 0.1) is 5.92 Å². The summed E-state index contributed by atoms with van der Waals surface area (Å²) in [5, 5.41) is 2.91. The molecule has 29 heavy (non-hydrogen) atoms. The lowest BCUT2D eigenvalue weighted by atomic mass is 9.78. The van der Waals surface area contributed by atoms with Crippen LogP contribution in [0.5, 0.6) is 0 Å². The second-order valence-electron chi connectivity index (χ2n) is 8.49. The van der Waals surface area contributed by atoms with Crippen molar-refractivity contribution in [2.45, 2.75) is 62.3 Å². The first-order valence-electron chi connectivity index (χ1n) is 10.8. The Labute approximate surface area is 173 Å². The summed E-state index contributed by atoms with van der Waals surface area (Å²) in [6, 6.07) is 7.05. The smallest absolute Gasteiger partial charge is 0.279 e. The number of sulfonamides is 1. The van der Waals surface area contributed by atoms with Gasteiger partial charge in [0.25, 0.3) is 15.9 Å². The van der Waals surface area contributed by atoms with Crippen LogP contribution in [0.3, 0.4) is 0 Å². The zero-order valence-electron chi connectivity index (χ0n) is 16.8. The number of fused-ring (bicyclic) bond motifs is 1. The van der Waals surface area contributed by atoms with Crippen molar-refractivity contribution >= 4 is 27.5 Å². The van der Waals surface area contributed by atoms with E-state index in [9.17, 15) is 13.2 Å². The molecule has 0 radical (unpaired) electrons. The average Bonchev–Trinajstić information content (AvgIpc) is 3.21. The fourth-order valence-electron chi connectivity index (χ4n) is 5.08. The molecule has 4 rings (SSSR count). The zero-order valence-corrected chi connectivity index (χ0v) is 17.6. The largest absolute Gasteiger partial charge is 0.324 e. The van der Waals surface area contributed by atoms with Crippen LogP contribution in [0.2, 0.25) is 0 Å². The maximum absolute atomic E-state index is 12.7. The first-order valence-corrected chi connectivity index (χ1v) is 12.3. The van der Waals surface area contributed by atoms with Gasteiger partial charge in [0.05, 0.1) is 17.5 Å². The third-order valence-electron chi connectivity index (χ3n) is 6.45. The highest BCUT2D eigenvalue weighted by Crippen LogP contribution is 2.28. The van der Waals surface area contributed by atoms with Crippen molar-refractivity contribution in [2.24, 2.45) is 10.9 Å². The number of anilines is 1. The Morgan fingerprint density at radius 2 is 1.97 bits per heavy atom. The Balaban J connectivity index is 1.39. The number of likely N-dealkylation sites (tertiary alicyclic amines) is 1. The quantitative estimate of drug-likeness (QED) is 0.672. The van der Waals surface area contributed by atoms with Crippen molar-refractivity contribution < 1.29 is 18.1 Å². The van der Waals surface area contributed by atoms with Gasteiger partial charge in [-0.1, -0.05) is 12.5 Å². The number of carbonyl (C=O) groups is 1. The molecule has 7 nitrogen and oxygen atoms in total. The highest BCUT2D eigenvalue weighted by Gasteiger charge is 2.37. The molecule has 0 aromatic heterocycles. The third kappa shape index (κ3) is 4.98. The van der Waals surface area contributed by atoms with Gasteiger partial charge < -0.3 is 10.2 Å². The summed E-state index contributed by atoms with van der Waals surface area (Å²) in [6.45, 7) is 2.16. The Hall–Kier alpha value is -1.93. The summed E-state index contributed by atoms with van der Waals surface area (Å²) in [7, 11) is -3.68. The minimum Gasteiger partial charge on any atom is -0.324 e. The molecule has 3 aliphatic rings. The van der Waals surface area contributed by atoms with Crippen LogP contribution in [-0.4, -0.2) is 45.8 Å². The molecule has 8 heteroatoms. The maximum Gasteiger partial charge on any atom is 0.279 e. The number of rotatable bonds is 5. The predicted molar refractivity (Wildman–Crippen MR) is 113 cm³/mol. The van der Waals surface area contributed by atoms with Crippen LogP contribution in [-0.2, 0) is 14.8 Å². The molecule has 1 unspecified atom stereocenters. The lowest BCUT2D eigenvalue weighted by molar-refractivity contribution is -0.928. The molecule has 0 bridgehead atoms. The molecule has 158 valence electrons. The first kappa shape index (κ1) is 20.3. The molecule has 1 saturated carbocycles. The lowest BCUT2D eigenvalue weighted by Crippen LogP contribution is -3.18. The number of benzene rings is 1. The van der Waals surface area contributed by atoms with Gasteiger partial charge in [0.1, 0.15) is 5.84 Å². The molecule has 1 amide bonds. The second-order valence-corrected chi connectivity index (χ2v) is 10.2. The molecular weight excluding hydrogens is 388 g/mol. The summed E-state index contributed by atoms with van der Waals surface area (Å²) < 4.78 is 27.7. The van der Waals surface area contributed by atoms with Crippen LogP contribution in [0.25, 0.3) is 0 Å².